The monoisotopic (exact) mass is 149 g/mol. The summed E-state index contributed by atoms with van der Waals surface area (Å²) in [5.74, 6) is 1.53. The van der Waals surface area contributed by atoms with Crippen molar-refractivity contribution in [1.82, 2.24) is 15.1 Å². The van der Waals surface area contributed by atoms with Gasteiger partial charge in [-0.05, 0) is 6.92 Å². The van der Waals surface area contributed by atoms with E-state index in [4.69, 9.17) is 4.52 Å². The van der Waals surface area contributed by atoms with Crippen molar-refractivity contribution in [3.05, 3.63) is 24.2 Å². The minimum Gasteiger partial charge on any atom is -0.361 e. The van der Waals surface area contributed by atoms with E-state index >= 15 is 0 Å². The molecule has 0 radical (unpaired) electrons. The van der Waals surface area contributed by atoms with Gasteiger partial charge >= 0.3 is 0 Å². The van der Waals surface area contributed by atoms with Crippen molar-refractivity contribution in [3.8, 4) is 11.5 Å². The van der Waals surface area contributed by atoms with Crippen LogP contribution < -0.4 is 0 Å². The lowest BCUT2D eigenvalue weighted by atomic mass is 10.4. The Morgan fingerprint density at radius 2 is 2.45 bits per heavy atom. The molecule has 0 fully saturated rings. The molecule has 0 spiro atoms. The Morgan fingerprint density at radius 3 is 3.00 bits per heavy atom. The highest BCUT2D eigenvalue weighted by Gasteiger charge is 2.03. The van der Waals surface area contributed by atoms with Gasteiger partial charge in [-0.15, -0.1) is 0 Å². The summed E-state index contributed by atoms with van der Waals surface area (Å²) < 4.78 is 4.88. The van der Waals surface area contributed by atoms with Gasteiger partial charge in [-0.25, -0.2) is 4.98 Å². The quantitative estimate of drug-likeness (QED) is 0.666. The van der Waals surface area contributed by atoms with Crippen LogP contribution in [0.5, 0.6) is 0 Å². The van der Waals surface area contributed by atoms with Crippen LogP contribution in [0.2, 0.25) is 0 Å². The summed E-state index contributed by atoms with van der Waals surface area (Å²) in [6.07, 6.45) is 3.43. The van der Waals surface area contributed by atoms with Crippen LogP contribution >= 0.6 is 0 Å². The normalized spacial score (nSPS) is 10.3. The number of hydrogen-bond acceptors (Lipinski definition) is 3. The van der Waals surface area contributed by atoms with Crippen molar-refractivity contribution in [2.24, 2.45) is 0 Å². The first-order valence-electron chi connectivity index (χ1n) is 3.29. The summed E-state index contributed by atoms with van der Waals surface area (Å²) in [7, 11) is 0. The molecule has 1 N–H and O–H groups in total. The standard InChI is InChI=1S/C7H7N3O/c1-5-4-6(10-11-5)7-8-2-3-9-7/h2-4H,1H3,(H,8,9). The average molecular weight is 149 g/mol. The number of H-pyrrole nitrogens is 1. The Kier molecular flexibility index (Phi) is 1.25. The highest BCUT2D eigenvalue weighted by molar-refractivity contribution is 5.47. The maximum atomic E-state index is 4.88. The van der Waals surface area contributed by atoms with Crippen molar-refractivity contribution in [2.75, 3.05) is 0 Å². The molecule has 0 bridgehead atoms. The second kappa shape index (κ2) is 2.23. The van der Waals surface area contributed by atoms with Gasteiger partial charge in [-0.3, -0.25) is 0 Å². The van der Waals surface area contributed by atoms with Gasteiger partial charge in [0, 0.05) is 18.5 Å². The van der Waals surface area contributed by atoms with Crippen LogP contribution in [-0.4, -0.2) is 15.1 Å². The molecular weight excluding hydrogens is 142 g/mol. The summed E-state index contributed by atoms with van der Waals surface area (Å²) >= 11 is 0. The molecule has 2 rings (SSSR count). The molecule has 2 heterocycles. The van der Waals surface area contributed by atoms with Crippen molar-refractivity contribution < 1.29 is 4.52 Å². The van der Waals surface area contributed by atoms with E-state index in [1.807, 2.05) is 13.0 Å². The van der Waals surface area contributed by atoms with Gasteiger partial charge in [-0.2, -0.15) is 0 Å². The second-order valence-electron chi connectivity index (χ2n) is 2.26. The first-order valence-corrected chi connectivity index (χ1v) is 3.29. The van der Waals surface area contributed by atoms with E-state index in [1.54, 1.807) is 12.4 Å². The molecule has 4 nitrogen and oxygen atoms in total. The molecule has 0 unspecified atom stereocenters. The number of imidazole rings is 1. The number of rotatable bonds is 1. The Hall–Kier alpha value is -1.58. The van der Waals surface area contributed by atoms with Crippen LogP contribution in [0.4, 0.5) is 0 Å². The molecule has 0 aliphatic rings. The zero-order chi connectivity index (χ0) is 7.68. The van der Waals surface area contributed by atoms with Crippen LogP contribution in [0.1, 0.15) is 5.76 Å². The molecule has 0 amide bonds. The molecule has 0 aliphatic heterocycles. The molecule has 0 atom stereocenters. The molecule has 56 valence electrons. The fourth-order valence-corrected chi connectivity index (χ4v) is 0.883. The number of aromatic nitrogens is 3. The molecule has 11 heavy (non-hydrogen) atoms. The Labute approximate surface area is 63.2 Å². The highest BCUT2D eigenvalue weighted by Crippen LogP contribution is 2.12. The van der Waals surface area contributed by atoms with Gasteiger partial charge in [0.1, 0.15) is 11.5 Å². The molecule has 0 aromatic carbocycles. The van der Waals surface area contributed by atoms with Crippen molar-refractivity contribution in [1.29, 1.82) is 0 Å². The van der Waals surface area contributed by atoms with Crippen molar-refractivity contribution in [2.45, 2.75) is 6.92 Å². The maximum Gasteiger partial charge on any atom is 0.159 e. The van der Waals surface area contributed by atoms with Crippen molar-refractivity contribution >= 4 is 0 Å². The van der Waals surface area contributed by atoms with Gasteiger partial charge in [0.25, 0.3) is 0 Å². The summed E-state index contributed by atoms with van der Waals surface area (Å²) in [5, 5.41) is 3.79. The van der Waals surface area contributed by atoms with Gasteiger partial charge < -0.3 is 9.51 Å². The van der Waals surface area contributed by atoms with Crippen LogP contribution in [0, 0.1) is 6.92 Å². The van der Waals surface area contributed by atoms with E-state index in [-0.39, 0.29) is 0 Å². The molecule has 2 aromatic rings. The zero-order valence-electron chi connectivity index (χ0n) is 6.03. The van der Waals surface area contributed by atoms with Gasteiger partial charge in [0.15, 0.2) is 5.82 Å². The van der Waals surface area contributed by atoms with E-state index < -0.39 is 0 Å². The molecule has 4 heteroatoms. The van der Waals surface area contributed by atoms with Crippen molar-refractivity contribution in [3.63, 3.8) is 0 Å². The summed E-state index contributed by atoms with van der Waals surface area (Å²) in [4.78, 5) is 6.95. The van der Waals surface area contributed by atoms with Gasteiger partial charge in [0.2, 0.25) is 0 Å². The first kappa shape index (κ1) is 6.15. The number of aryl methyl sites for hydroxylation is 1. The predicted molar refractivity (Wildman–Crippen MR) is 38.8 cm³/mol. The number of nitrogens with zero attached hydrogens (tertiary/aromatic N) is 2. The zero-order valence-corrected chi connectivity index (χ0v) is 6.03. The molecule has 0 saturated heterocycles. The lowest BCUT2D eigenvalue weighted by Gasteiger charge is -1.82. The molecule has 2 aromatic heterocycles. The number of aromatic amines is 1. The average Bonchev–Trinajstić information content (AvgIpc) is 2.55. The van der Waals surface area contributed by atoms with Crippen LogP contribution in [0.3, 0.4) is 0 Å². The maximum absolute atomic E-state index is 4.88. The minimum absolute atomic E-state index is 0.738. The Bertz CT molecular complexity index is 336. The summed E-state index contributed by atoms with van der Waals surface area (Å²) in [5.41, 5.74) is 0.743. The fraction of sp³-hybridized carbons (Fsp3) is 0.143. The lowest BCUT2D eigenvalue weighted by molar-refractivity contribution is 0.399. The number of nitrogens with one attached hydrogen (secondary N) is 1. The topological polar surface area (TPSA) is 54.7 Å². The molecule has 0 saturated carbocycles. The van der Waals surface area contributed by atoms with Crippen LogP contribution in [0.25, 0.3) is 11.5 Å². The predicted octanol–water partition coefficient (Wildman–Crippen LogP) is 1.37. The van der Waals surface area contributed by atoms with Gasteiger partial charge in [-0.1, -0.05) is 5.16 Å². The summed E-state index contributed by atoms with van der Waals surface area (Å²) in [6.45, 7) is 1.85. The van der Waals surface area contributed by atoms with Crippen LogP contribution in [-0.2, 0) is 0 Å². The lowest BCUT2D eigenvalue weighted by Crippen LogP contribution is -1.77. The van der Waals surface area contributed by atoms with E-state index in [9.17, 15) is 0 Å². The van der Waals surface area contributed by atoms with Crippen LogP contribution in [0.15, 0.2) is 23.0 Å². The van der Waals surface area contributed by atoms with Gasteiger partial charge in [0.05, 0.1) is 0 Å². The van der Waals surface area contributed by atoms with E-state index in [1.165, 1.54) is 0 Å². The Morgan fingerprint density at radius 1 is 1.55 bits per heavy atom. The Balaban J connectivity index is 2.45. The fourth-order valence-electron chi connectivity index (χ4n) is 0.883. The minimum atomic E-state index is 0.738. The van der Waals surface area contributed by atoms with E-state index in [2.05, 4.69) is 15.1 Å². The SMILES string of the molecule is Cc1cc(-c2ncc[nH]2)no1. The third-order valence-electron chi connectivity index (χ3n) is 1.37. The van der Waals surface area contributed by atoms with E-state index in [0.717, 1.165) is 17.3 Å². The first-order chi connectivity index (χ1) is 5.36. The third-order valence-corrected chi connectivity index (χ3v) is 1.37. The summed E-state index contributed by atoms with van der Waals surface area (Å²) in [6, 6.07) is 1.83. The largest absolute Gasteiger partial charge is 0.361 e. The smallest absolute Gasteiger partial charge is 0.159 e. The second-order valence-corrected chi connectivity index (χ2v) is 2.26. The number of hydrogen-bond donors (Lipinski definition) is 1. The highest BCUT2D eigenvalue weighted by atomic mass is 16.5. The van der Waals surface area contributed by atoms with E-state index in [0.29, 0.717) is 0 Å². The third kappa shape index (κ3) is 1.02. The molecule has 0 aliphatic carbocycles. The molecular formula is C7H7N3O.